The van der Waals surface area contributed by atoms with Gasteiger partial charge in [0.2, 0.25) is 5.91 Å². The van der Waals surface area contributed by atoms with Crippen LogP contribution in [0.2, 0.25) is 0 Å². The molecule has 1 fully saturated rings. The number of nitrogens with zero attached hydrogens (tertiary/aromatic N) is 1. The van der Waals surface area contributed by atoms with E-state index in [9.17, 15) is 4.79 Å². The number of carbonyl (C=O) groups excluding carboxylic acids is 1. The van der Waals surface area contributed by atoms with E-state index in [1.807, 2.05) is 72.8 Å². The van der Waals surface area contributed by atoms with E-state index in [2.05, 4.69) is 34.6 Å². The van der Waals surface area contributed by atoms with E-state index in [0.29, 0.717) is 17.4 Å². The second-order valence-electron chi connectivity index (χ2n) is 8.00. The van der Waals surface area contributed by atoms with Gasteiger partial charge in [-0.1, -0.05) is 49.4 Å². The van der Waals surface area contributed by atoms with E-state index in [4.69, 9.17) is 4.74 Å². The quantitative estimate of drug-likeness (QED) is 0.403. The van der Waals surface area contributed by atoms with Crippen molar-refractivity contribution in [1.29, 1.82) is 0 Å². The zero-order valence-corrected chi connectivity index (χ0v) is 17.2. The van der Waals surface area contributed by atoms with Crippen molar-refractivity contribution < 1.29 is 9.53 Å². The summed E-state index contributed by atoms with van der Waals surface area (Å²) in [6, 6.07) is 23.5. The molecule has 3 aromatic carbocycles. The number of carbonyl (C=O) groups is 1. The molecule has 5 heteroatoms. The molecule has 0 bridgehead atoms. The van der Waals surface area contributed by atoms with Gasteiger partial charge in [0, 0.05) is 29.1 Å². The van der Waals surface area contributed by atoms with E-state index in [1.54, 1.807) is 0 Å². The number of benzene rings is 3. The van der Waals surface area contributed by atoms with Crippen LogP contribution in [0.3, 0.4) is 0 Å². The van der Waals surface area contributed by atoms with E-state index in [1.165, 1.54) is 0 Å². The summed E-state index contributed by atoms with van der Waals surface area (Å²) in [5, 5.41) is 11.5. The fraction of sp³-hybridized carbons (Fsp3) is 0.154. The summed E-state index contributed by atoms with van der Waals surface area (Å²) < 4.78 is 6.03. The summed E-state index contributed by atoms with van der Waals surface area (Å²) in [5.74, 6) is 2.07. The number of H-pyrrole nitrogens is 1. The van der Waals surface area contributed by atoms with Gasteiger partial charge in [-0.05, 0) is 48.2 Å². The van der Waals surface area contributed by atoms with Gasteiger partial charge in [-0.25, -0.2) is 0 Å². The van der Waals surface area contributed by atoms with Crippen molar-refractivity contribution in [2.75, 3.05) is 5.32 Å². The van der Waals surface area contributed by atoms with Crippen LogP contribution in [0.15, 0.2) is 72.8 Å². The predicted molar refractivity (Wildman–Crippen MR) is 124 cm³/mol. The standard InChI is InChI=1S/C26H23N3O2/c1-17-14-23(17)26(30)27-19-8-5-9-20(15-19)31-21-11-12-22-24(28-29-25(22)16-21)13-10-18-6-3-2-4-7-18/h2-13,15-17,23H,14H2,1H3,(H,27,30)(H,28,29)/b13-10+. The monoisotopic (exact) mass is 409 g/mol. The lowest BCUT2D eigenvalue weighted by atomic mass is 10.1. The lowest BCUT2D eigenvalue weighted by molar-refractivity contribution is -0.117. The number of aromatic nitrogens is 2. The zero-order chi connectivity index (χ0) is 21.2. The van der Waals surface area contributed by atoms with Gasteiger partial charge >= 0.3 is 0 Å². The minimum absolute atomic E-state index is 0.0830. The van der Waals surface area contributed by atoms with E-state index >= 15 is 0 Å². The zero-order valence-electron chi connectivity index (χ0n) is 17.2. The Labute approximate surface area is 180 Å². The first-order valence-corrected chi connectivity index (χ1v) is 10.5. The van der Waals surface area contributed by atoms with E-state index < -0.39 is 0 Å². The highest BCUT2D eigenvalue weighted by Crippen LogP contribution is 2.38. The summed E-state index contributed by atoms with van der Waals surface area (Å²) >= 11 is 0. The molecular formula is C26H23N3O2. The Bertz CT molecular complexity index is 1260. The smallest absolute Gasteiger partial charge is 0.227 e. The number of amides is 1. The van der Waals surface area contributed by atoms with Crippen molar-refractivity contribution in [2.45, 2.75) is 13.3 Å². The third-order valence-corrected chi connectivity index (χ3v) is 5.58. The summed E-state index contributed by atoms with van der Waals surface area (Å²) in [4.78, 5) is 12.2. The first-order valence-electron chi connectivity index (χ1n) is 10.5. The van der Waals surface area contributed by atoms with Crippen LogP contribution in [0.5, 0.6) is 11.5 Å². The molecule has 0 saturated heterocycles. The summed E-state index contributed by atoms with van der Waals surface area (Å²) in [6.07, 6.45) is 5.01. The number of nitrogens with one attached hydrogen (secondary N) is 2. The van der Waals surface area contributed by atoms with Crippen molar-refractivity contribution in [3.05, 3.63) is 84.1 Å². The molecule has 1 amide bonds. The molecular weight excluding hydrogens is 386 g/mol. The third-order valence-electron chi connectivity index (χ3n) is 5.58. The fourth-order valence-electron chi connectivity index (χ4n) is 3.65. The summed E-state index contributed by atoms with van der Waals surface area (Å²) in [5.41, 5.74) is 3.65. The van der Waals surface area contributed by atoms with Gasteiger partial charge in [0.15, 0.2) is 0 Å². The predicted octanol–water partition coefficient (Wildman–Crippen LogP) is 6.12. The molecule has 5 rings (SSSR count). The summed E-state index contributed by atoms with van der Waals surface area (Å²) in [7, 11) is 0. The molecule has 0 spiro atoms. The Morgan fingerprint density at radius 3 is 2.65 bits per heavy atom. The molecule has 2 atom stereocenters. The molecule has 2 N–H and O–H groups in total. The molecule has 4 aromatic rings. The Morgan fingerprint density at radius 1 is 1.03 bits per heavy atom. The minimum atomic E-state index is 0.0830. The highest BCUT2D eigenvalue weighted by atomic mass is 16.5. The third kappa shape index (κ3) is 4.36. The van der Waals surface area contributed by atoms with Crippen LogP contribution in [0.4, 0.5) is 5.69 Å². The van der Waals surface area contributed by atoms with Crippen LogP contribution in [-0.4, -0.2) is 16.1 Å². The Kier molecular flexibility index (Phi) is 5.00. The van der Waals surface area contributed by atoms with Crippen LogP contribution in [0.1, 0.15) is 24.6 Å². The van der Waals surface area contributed by atoms with Crippen LogP contribution >= 0.6 is 0 Å². The molecule has 1 aliphatic rings. The lowest BCUT2D eigenvalue weighted by Crippen LogP contribution is -2.14. The maximum Gasteiger partial charge on any atom is 0.227 e. The Balaban J connectivity index is 1.30. The normalized spacial score (nSPS) is 17.7. The molecule has 31 heavy (non-hydrogen) atoms. The first-order chi connectivity index (χ1) is 15.2. The second-order valence-corrected chi connectivity index (χ2v) is 8.00. The van der Waals surface area contributed by atoms with Crippen molar-refractivity contribution in [2.24, 2.45) is 11.8 Å². The van der Waals surface area contributed by atoms with Gasteiger partial charge in [-0.3, -0.25) is 9.89 Å². The van der Waals surface area contributed by atoms with Gasteiger partial charge < -0.3 is 10.1 Å². The van der Waals surface area contributed by atoms with Gasteiger partial charge in [0.25, 0.3) is 0 Å². The largest absolute Gasteiger partial charge is 0.457 e. The van der Waals surface area contributed by atoms with Crippen molar-refractivity contribution in [3.8, 4) is 11.5 Å². The van der Waals surface area contributed by atoms with Gasteiger partial charge in [-0.15, -0.1) is 0 Å². The topological polar surface area (TPSA) is 67.0 Å². The first kappa shape index (κ1) is 19.1. The minimum Gasteiger partial charge on any atom is -0.457 e. The Morgan fingerprint density at radius 2 is 1.84 bits per heavy atom. The maximum absolute atomic E-state index is 12.2. The average molecular weight is 409 g/mol. The second kappa shape index (κ2) is 8.11. The number of rotatable bonds is 6. The van der Waals surface area contributed by atoms with Gasteiger partial charge in [0.1, 0.15) is 11.5 Å². The molecule has 0 radical (unpaired) electrons. The molecule has 154 valence electrons. The number of hydrogen-bond acceptors (Lipinski definition) is 3. The lowest BCUT2D eigenvalue weighted by Gasteiger charge is -2.09. The van der Waals surface area contributed by atoms with E-state index in [0.717, 1.165) is 34.3 Å². The highest BCUT2D eigenvalue weighted by Gasteiger charge is 2.39. The van der Waals surface area contributed by atoms with Gasteiger partial charge in [0.05, 0.1) is 11.2 Å². The fourth-order valence-corrected chi connectivity index (χ4v) is 3.65. The number of hydrogen-bond donors (Lipinski definition) is 2. The van der Waals surface area contributed by atoms with Gasteiger partial charge in [-0.2, -0.15) is 5.10 Å². The molecule has 0 aliphatic heterocycles. The van der Waals surface area contributed by atoms with Crippen molar-refractivity contribution in [1.82, 2.24) is 10.2 Å². The van der Waals surface area contributed by atoms with Crippen molar-refractivity contribution >= 4 is 34.6 Å². The molecule has 5 nitrogen and oxygen atoms in total. The maximum atomic E-state index is 12.2. The molecule has 1 heterocycles. The molecule has 1 saturated carbocycles. The molecule has 1 aliphatic carbocycles. The number of anilines is 1. The Hall–Kier alpha value is -3.86. The van der Waals surface area contributed by atoms with Crippen LogP contribution in [-0.2, 0) is 4.79 Å². The van der Waals surface area contributed by atoms with E-state index in [-0.39, 0.29) is 11.8 Å². The average Bonchev–Trinajstić information content (AvgIpc) is 3.39. The van der Waals surface area contributed by atoms with Crippen LogP contribution in [0, 0.1) is 11.8 Å². The SMILES string of the molecule is CC1CC1C(=O)Nc1cccc(Oc2ccc3c(/C=C/c4ccccc4)n[nH]c3c2)c1. The molecule has 2 unspecified atom stereocenters. The van der Waals surface area contributed by atoms with Crippen molar-refractivity contribution in [3.63, 3.8) is 0 Å². The molecule has 1 aromatic heterocycles. The number of fused-ring (bicyclic) bond motifs is 1. The van der Waals surface area contributed by atoms with Crippen LogP contribution < -0.4 is 10.1 Å². The highest BCUT2D eigenvalue weighted by molar-refractivity contribution is 5.94. The van der Waals surface area contributed by atoms with Crippen LogP contribution in [0.25, 0.3) is 23.1 Å². The number of ether oxygens (including phenoxy) is 1. The number of aromatic amines is 1. The summed E-state index contributed by atoms with van der Waals surface area (Å²) in [6.45, 7) is 2.10.